The molecule has 0 bridgehead atoms. The van der Waals surface area contributed by atoms with Crippen molar-refractivity contribution in [1.82, 2.24) is 0 Å². The van der Waals surface area contributed by atoms with Gasteiger partial charge in [-0.15, -0.1) is 0 Å². The first-order chi connectivity index (χ1) is 27.4. The summed E-state index contributed by atoms with van der Waals surface area (Å²) in [5.74, 6) is 0.785. The van der Waals surface area contributed by atoms with Gasteiger partial charge >= 0.3 is 11.7 Å². The SMILES string of the molecule is C=Cc1ccc(COCCCCCCCCCCCOc2ccc(OC(=O)c3ccc(-c4cc([N+](=O)[O-])c(OCCCCCCCC)cc4N)cc3)cc2)cc1. The lowest BCUT2D eigenvalue weighted by Crippen LogP contribution is -2.08. The van der Waals surface area contributed by atoms with Crippen LogP contribution in [0.25, 0.3) is 17.2 Å². The number of nitrogens with zero attached hydrogens (tertiary/aromatic N) is 1. The summed E-state index contributed by atoms with van der Waals surface area (Å²) < 4.78 is 23.1. The second kappa shape index (κ2) is 25.1. The van der Waals surface area contributed by atoms with Crippen molar-refractivity contribution in [3.05, 3.63) is 118 Å². The van der Waals surface area contributed by atoms with E-state index in [4.69, 9.17) is 24.7 Å². The number of hydrogen-bond donors (Lipinski definition) is 1. The molecule has 0 aromatic heterocycles. The van der Waals surface area contributed by atoms with Crippen LogP contribution in [0.5, 0.6) is 17.2 Å². The van der Waals surface area contributed by atoms with E-state index in [1.165, 1.54) is 75.5 Å². The Hall–Kier alpha value is -5.15. The molecule has 2 N–H and O–H groups in total. The summed E-state index contributed by atoms with van der Waals surface area (Å²) in [5.41, 5.74) is 10.3. The number of esters is 1. The van der Waals surface area contributed by atoms with Crippen LogP contribution >= 0.6 is 0 Å². The van der Waals surface area contributed by atoms with Crippen molar-refractivity contribution in [3.63, 3.8) is 0 Å². The van der Waals surface area contributed by atoms with Crippen LogP contribution in [0.4, 0.5) is 11.4 Å². The van der Waals surface area contributed by atoms with Gasteiger partial charge < -0.3 is 24.7 Å². The number of benzene rings is 4. The van der Waals surface area contributed by atoms with Crippen molar-refractivity contribution in [2.45, 2.75) is 110 Å². The predicted octanol–water partition coefficient (Wildman–Crippen LogP) is 12.6. The summed E-state index contributed by atoms with van der Waals surface area (Å²) in [5, 5.41) is 11.9. The Morgan fingerprint density at radius 2 is 1.25 bits per heavy atom. The van der Waals surface area contributed by atoms with Crippen molar-refractivity contribution in [2.24, 2.45) is 0 Å². The number of ether oxygens (including phenoxy) is 4. The minimum absolute atomic E-state index is 0.144. The second-order valence-corrected chi connectivity index (χ2v) is 14.2. The molecule has 300 valence electrons. The lowest BCUT2D eigenvalue weighted by Gasteiger charge is -2.12. The molecule has 0 radical (unpaired) electrons. The smallest absolute Gasteiger partial charge is 0.343 e. The zero-order chi connectivity index (χ0) is 39.8. The number of carbonyl (C=O) groups is 1. The van der Waals surface area contributed by atoms with E-state index in [2.05, 4.69) is 37.8 Å². The first kappa shape index (κ1) is 43.6. The Balaban J connectivity index is 1.08. The summed E-state index contributed by atoms with van der Waals surface area (Å²) in [6.45, 7) is 8.48. The number of unbranched alkanes of at least 4 members (excludes halogenated alkanes) is 13. The van der Waals surface area contributed by atoms with Gasteiger partial charge in [0.25, 0.3) is 0 Å². The van der Waals surface area contributed by atoms with Gasteiger partial charge in [0.2, 0.25) is 0 Å². The number of nitrogens with two attached hydrogens (primary N) is 1. The van der Waals surface area contributed by atoms with E-state index in [-0.39, 0.29) is 11.4 Å². The predicted molar refractivity (Wildman–Crippen MR) is 226 cm³/mol. The second-order valence-electron chi connectivity index (χ2n) is 14.2. The molecule has 56 heavy (non-hydrogen) atoms. The van der Waals surface area contributed by atoms with E-state index in [9.17, 15) is 14.9 Å². The molecule has 9 heteroatoms. The van der Waals surface area contributed by atoms with Crippen LogP contribution in [0.3, 0.4) is 0 Å². The third-order valence-corrected chi connectivity index (χ3v) is 9.74. The van der Waals surface area contributed by atoms with Gasteiger partial charge in [-0.2, -0.15) is 0 Å². The minimum Gasteiger partial charge on any atom is -0.494 e. The summed E-state index contributed by atoms with van der Waals surface area (Å²) in [7, 11) is 0. The molecule has 0 aliphatic rings. The van der Waals surface area contributed by atoms with E-state index < -0.39 is 10.9 Å². The maximum Gasteiger partial charge on any atom is 0.343 e. The number of nitrogen functional groups attached to an aromatic ring is 1. The van der Waals surface area contributed by atoms with E-state index in [0.717, 1.165) is 56.4 Å². The van der Waals surface area contributed by atoms with Crippen LogP contribution in [0.2, 0.25) is 0 Å². The molecule has 0 aliphatic heterocycles. The fraction of sp³-hybridized carbons (Fsp3) is 0.426. The Kier molecular flexibility index (Phi) is 19.5. The van der Waals surface area contributed by atoms with Gasteiger partial charge in [-0.25, -0.2) is 4.79 Å². The highest BCUT2D eigenvalue weighted by Crippen LogP contribution is 2.37. The van der Waals surface area contributed by atoms with Crippen molar-refractivity contribution >= 4 is 23.4 Å². The van der Waals surface area contributed by atoms with E-state index >= 15 is 0 Å². The van der Waals surface area contributed by atoms with Gasteiger partial charge in [0, 0.05) is 30.0 Å². The Labute approximate surface area is 333 Å². The van der Waals surface area contributed by atoms with Crippen LogP contribution < -0.4 is 19.9 Å². The molecule has 0 saturated heterocycles. The van der Waals surface area contributed by atoms with Crippen molar-refractivity contribution in [2.75, 3.05) is 25.6 Å². The molecule has 0 unspecified atom stereocenters. The number of nitro groups is 1. The first-order valence-corrected chi connectivity index (χ1v) is 20.4. The molecule has 0 saturated carbocycles. The number of rotatable bonds is 28. The third kappa shape index (κ3) is 15.5. The van der Waals surface area contributed by atoms with Crippen LogP contribution in [-0.4, -0.2) is 30.7 Å². The zero-order valence-electron chi connectivity index (χ0n) is 33.2. The largest absolute Gasteiger partial charge is 0.494 e. The Bertz CT molecular complexity index is 1760. The van der Waals surface area contributed by atoms with Crippen molar-refractivity contribution in [3.8, 4) is 28.4 Å². The number of carbonyl (C=O) groups excluding carboxylic acids is 1. The van der Waals surface area contributed by atoms with E-state index in [1.54, 1.807) is 48.5 Å². The average Bonchev–Trinajstić information content (AvgIpc) is 3.21. The Morgan fingerprint density at radius 1 is 0.696 bits per heavy atom. The standard InChI is InChI=1S/C47H60N2O7/c1-3-5-6-7-14-18-33-55-46-35-44(48)43(34-45(46)49(51)52)39-23-25-40(26-24-39)47(50)56-42-29-27-41(28-30-42)54-32-17-15-12-10-8-9-11-13-16-31-53-36-38-21-19-37(4-2)20-22-38/h4,19-30,34-35H,2-3,5-18,31-33,36,48H2,1H3. The molecule has 9 nitrogen and oxygen atoms in total. The maximum atomic E-state index is 12.9. The fourth-order valence-electron chi connectivity index (χ4n) is 6.39. The van der Waals surface area contributed by atoms with Gasteiger partial charge in [-0.1, -0.05) is 133 Å². The highest BCUT2D eigenvalue weighted by atomic mass is 16.6. The van der Waals surface area contributed by atoms with Crippen LogP contribution in [0.1, 0.15) is 125 Å². The molecule has 0 amide bonds. The molecule has 4 aromatic rings. The quantitative estimate of drug-likeness (QED) is 0.0151. The summed E-state index contributed by atoms with van der Waals surface area (Å²) in [6, 6.07) is 24.9. The zero-order valence-corrected chi connectivity index (χ0v) is 33.2. The van der Waals surface area contributed by atoms with Crippen LogP contribution in [0, 0.1) is 10.1 Å². The third-order valence-electron chi connectivity index (χ3n) is 9.74. The van der Waals surface area contributed by atoms with Gasteiger partial charge in [-0.3, -0.25) is 10.1 Å². The molecule has 0 atom stereocenters. The van der Waals surface area contributed by atoms with Crippen molar-refractivity contribution < 1.29 is 28.7 Å². The molecule has 0 fully saturated rings. The van der Waals surface area contributed by atoms with Gasteiger partial charge in [-0.05, 0) is 72.4 Å². The van der Waals surface area contributed by atoms with Crippen LogP contribution in [0.15, 0.2) is 91.5 Å². The molecular formula is C47H60N2O7. The number of hydrogen-bond acceptors (Lipinski definition) is 8. The maximum absolute atomic E-state index is 12.9. The van der Waals surface area contributed by atoms with Crippen LogP contribution in [-0.2, 0) is 11.3 Å². The molecule has 0 heterocycles. The van der Waals surface area contributed by atoms with Gasteiger partial charge in [0.1, 0.15) is 11.5 Å². The summed E-state index contributed by atoms with van der Waals surface area (Å²) >= 11 is 0. The monoisotopic (exact) mass is 764 g/mol. The molecular weight excluding hydrogens is 705 g/mol. The molecule has 4 aromatic carbocycles. The van der Waals surface area contributed by atoms with Crippen molar-refractivity contribution in [1.29, 1.82) is 0 Å². The number of nitro benzene ring substituents is 1. The first-order valence-electron chi connectivity index (χ1n) is 20.4. The minimum atomic E-state index is -0.515. The van der Waals surface area contributed by atoms with E-state index in [0.29, 0.717) is 47.9 Å². The highest BCUT2D eigenvalue weighted by Gasteiger charge is 2.20. The van der Waals surface area contributed by atoms with Gasteiger partial charge in [0.05, 0.1) is 30.3 Å². The van der Waals surface area contributed by atoms with Gasteiger partial charge in [0.15, 0.2) is 5.75 Å². The number of anilines is 1. The lowest BCUT2D eigenvalue weighted by molar-refractivity contribution is -0.385. The van der Waals surface area contributed by atoms with E-state index in [1.807, 2.05) is 6.08 Å². The normalized spacial score (nSPS) is 10.9. The highest BCUT2D eigenvalue weighted by molar-refractivity contribution is 5.92. The Morgan fingerprint density at radius 3 is 1.84 bits per heavy atom. The fourth-order valence-corrected chi connectivity index (χ4v) is 6.39. The molecule has 4 rings (SSSR count). The molecule has 0 spiro atoms. The summed E-state index contributed by atoms with van der Waals surface area (Å²) in [6.07, 6.45) is 19.1. The summed E-state index contributed by atoms with van der Waals surface area (Å²) in [4.78, 5) is 24.3. The lowest BCUT2D eigenvalue weighted by atomic mass is 10.0. The topological polar surface area (TPSA) is 123 Å². The average molecular weight is 765 g/mol. The molecule has 0 aliphatic carbocycles.